The quantitative estimate of drug-likeness (QED) is 0.388. The molecule has 0 aromatic heterocycles. The highest BCUT2D eigenvalue weighted by Crippen LogP contribution is 1.94. The first kappa shape index (κ1) is 9.88. The van der Waals surface area contributed by atoms with Crippen molar-refractivity contribution in [2.24, 2.45) is 0 Å². The number of hydrazine groups is 1. The van der Waals surface area contributed by atoms with Crippen LogP contribution < -0.4 is 16.2 Å². The molecule has 62 valence electrons. The molecule has 0 radical (unpaired) electrons. The normalized spacial score (nSPS) is 12.0. The summed E-state index contributed by atoms with van der Waals surface area (Å²) < 4.78 is 0. The Morgan fingerprint density at radius 1 is 1.10 bits per heavy atom. The highest BCUT2D eigenvalue weighted by atomic mass is 15.4. The molecule has 0 aliphatic heterocycles. The molecule has 0 spiro atoms. The Hall–Kier alpha value is -0.120. The average molecular weight is 145 g/mol. The number of hydrogen-bond acceptors (Lipinski definition) is 3. The highest BCUT2D eigenvalue weighted by Gasteiger charge is 2.06. The van der Waals surface area contributed by atoms with Crippen molar-refractivity contribution in [2.45, 2.75) is 26.3 Å². The van der Waals surface area contributed by atoms with Crippen LogP contribution in [-0.2, 0) is 0 Å². The molecule has 0 fully saturated rings. The van der Waals surface area contributed by atoms with Gasteiger partial charge in [-0.15, -0.1) is 0 Å². The molecule has 0 unspecified atom stereocenters. The third-order valence-corrected chi connectivity index (χ3v) is 0.963. The summed E-state index contributed by atoms with van der Waals surface area (Å²) in [6.45, 7) is 8.31. The number of nitrogens with one attached hydrogen (secondary N) is 3. The standard InChI is InChI=1S/C7H19N3/c1-7(2,3)10-9-6-5-8-4/h8-10H,5-6H2,1-4H3. The third kappa shape index (κ3) is 7.88. The fourth-order valence-electron chi connectivity index (χ4n) is 0.515. The smallest absolute Gasteiger partial charge is 0.0239 e. The van der Waals surface area contributed by atoms with Gasteiger partial charge >= 0.3 is 0 Å². The summed E-state index contributed by atoms with van der Waals surface area (Å²) in [5.74, 6) is 0. The molecule has 3 nitrogen and oxygen atoms in total. The van der Waals surface area contributed by atoms with E-state index in [-0.39, 0.29) is 5.54 Å². The van der Waals surface area contributed by atoms with Crippen molar-refractivity contribution in [1.29, 1.82) is 0 Å². The van der Waals surface area contributed by atoms with E-state index in [4.69, 9.17) is 0 Å². The van der Waals surface area contributed by atoms with Gasteiger partial charge in [-0.25, -0.2) is 0 Å². The maximum atomic E-state index is 3.17. The SMILES string of the molecule is CNCCNNC(C)(C)C. The van der Waals surface area contributed by atoms with E-state index in [1.807, 2.05) is 7.05 Å². The molecule has 10 heavy (non-hydrogen) atoms. The van der Waals surface area contributed by atoms with Crippen LogP contribution in [0.1, 0.15) is 20.8 Å². The summed E-state index contributed by atoms with van der Waals surface area (Å²) in [5, 5.41) is 3.05. The van der Waals surface area contributed by atoms with Gasteiger partial charge in [-0.2, -0.15) is 0 Å². The minimum atomic E-state index is 0.160. The lowest BCUT2D eigenvalue weighted by Crippen LogP contribution is -2.47. The van der Waals surface area contributed by atoms with Crippen LogP contribution in [0.5, 0.6) is 0 Å². The summed E-state index contributed by atoms with van der Waals surface area (Å²) in [5.41, 5.74) is 6.44. The van der Waals surface area contributed by atoms with Crippen LogP contribution >= 0.6 is 0 Å². The highest BCUT2D eigenvalue weighted by molar-refractivity contribution is 4.66. The third-order valence-electron chi connectivity index (χ3n) is 0.963. The lowest BCUT2D eigenvalue weighted by atomic mass is 10.1. The minimum absolute atomic E-state index is 0.160. The second-order valence-electron chi connectivity index (χ2n) is 3.41. The van der Waals surface area contributed by atoms with Crippen molar-refractivity contribution < 1.29 is 0 Å². The average Bonchev–Trinajstić information content (AvgIpc) is 1.78. The van der Waals surface area contributed by atoms with E-state index in [0.717, 1.165) is 13.1 Å². The van der Waals surface area contributed by atoms with E-state index in [2.05, 4.69) is 36.9 Å². The summed E-state index contributed by atoms with van der Waals surface area (Å²) in [7, 11) is 1.94. The Morgan fingerprint density at radius 3 is 2.10 bits per heavy atom. The van der Waals surface area contributed by atoms with Gasteiger partial charge in [0.1, 0.15) is 0 Å². The molecule has 0 atom stereocenters. The van der Waals surface area contributed by atoms with Gasteiger partial charge in [0.2, 0.25) is 0 Å². The van der Waals surface area contributed by atoms with Crippen molar-refractivity contribution in [3.05, 3.63) is 0 Å². The predicted molar refractivity (Wildman–Crippen MR) is 44.8 cm³/mol. The van der Waals surface area contributed by atoms with E-state index >= 15 is 0 Å². The van der Waals surface area contributed by atoms with E-state index in [1.165, 1.54) is 0 Å². The topological polar surface area (TPSA) is 36.1 Å². The molecule has 0 amide bonds. The Labute approximate surface area is 63.5 Å². The van der Waals surface area contributed by atoms with Crippen LogP contribution in [0.3, 0.4) is 0 Å². The van der Waals surface area contributed by atoms with Gasteiger partial charge in [-0.3, -0.25) is 10.9 Å². The van der Waals surface area contributed by atoms with E-state index in [9.17, 15) is 0 Å². The monoisotopic (exact) mass is 145 g/mol. The summed E-state index contributed by atoms with van der Waals surface area (Å²) >= 11 is 0. The van der Waals surface area contributed by atoms with Gasteiger partial charge in [0.25, 0.3) is 0 Å². The fraction of sp³-hybridized carbons (Fsp3) is 1.00. The van der Waals surface area contributed by atoms with Gasteiger partial charge in [-0.05, 0) is 27.8 Å². The molecular weight excluding hydrogens is 126 g/mol. The molecule has 0 rings (SSSR count). The Balaban J connectivity index is 3.04. The Kier molecular flexibility index (Phi) is 4.60. The van der Waals surface area contributed by atoms with Crippen molar-refractivity contribution in [3.8, 4) is 0 Å². The van der Waals surface area contributed by atoms with Crippen LogP contribution in [0.25, 0.3) is 0 Å². The zero-order chi connectivity index (χ0) is 8.04. The van der Waals surface area contributed by atoms with E-state index in [1.54, 1.807) is 0 Å². The van der Waals surface area contributed by atoms with Gasteiger partial charge in [0.15, 0.2) is 0 Å². The zero-order valence-corrected chi connectivity index (χ0v) is 7.41. The lowest BCUT2D eigenvalue weighted by molar-refractivity contribution is 0.358. The lowest BCUT2D eigenvalue weighted by Gasteiger charge is -2.20. The first-order valence-corrected chi connectivity index (χ1v) is 3.71. The molecular formula is C7H19N3. The first-order chi connectivity index (χ1) is 4.56. The predicted octanol–water partition coefficient (Wildman–Crippen LogP) is 0.0985. The maximum Gasteiger partial charge on any atom is 0.0239 e. The second kappa shape index (κ2) is 4.66. The van der Waals surface area contributed by atoms with Crippen molar-refractivity contribution in [3.63, 3.8) is 0 Å². The summed E-state index contributed by atoms with van der Waals surface area (Å²) in [6.07, 6.45) is 0. The molecule has 0 heterocycles. The Bertz CT molecular complexity index is 75.4. The first-order valence-electron chi connectivity index (χ1n) is 3.71. The maximum absolute atomic E-state index is 3.17. The molecule has 0 aromatic rings. The molecule has 0 aliphatic carbocycles. The number of rotatable bonds is 4. The fourth-order valence-corrected chi connectivity index (χ4v) is 0.515. The molecule has 0 saturated carbocycles. The van der Waals surface area contributed by atoms with Crippen LogP contribution in [-0.4, -0.2) is 25.7 Å². The molecule has 0 bridgehead atoms. The molecule has 0 aromatic carbocycles. The Morgan fingerprint density at radius 2 is 1.70 bits per heavy atom. The number of likely N-dealkylation sites (N-methyl/N-ethyl adjacent to an activating group) is 1. The van der Waals surface area contributed by atoms with Gasteiger partial charge in [0.05, 0.1) is 0 Å². The summed E-state index contributed by atoms with van der Waals surface area (Å²) in [4.78, 5) is 0. The zero-order valence-electron chi connectivity index (χ0n) is 7.41. The van der Waals surface area contributed by atoms with Crippen LogP contribution in [0.2, 0.25) is 0 Å². The molecule has 3 heteroatoms. The van der Waals surface area contributed by atoms with Gasteiger partial charge in [0, 0.05) is 18.6 Å². The van der Waals surface area contributed by atoms with Crippen LogP contribution in [0, 0.1) is 0 Å². The van der Waals surface area contributed by atoms with Crippen LogP contribution in [0.15, 0.2) is 0 Å². The van der Waals surface area contributed by atoms with Gasteiger partial charge in [-0.1, -0.05) is 0 Å². The molecule has 0 aliphatic rings. The van der Waals surface area contributed by atoms with Gasteiger partial charge < -0.3 is 5.32 Å². The van der Waals surface area contributed by atoms with Crippen molar-refractivity contribution >= 4 is 0 Å². The van der Waals surface area contributed by atoms with E-state index in [0.29, 0.717) is 0 Å². The largest absolute Gasteiger partial charge is 0.318 e. The minimum Gasteiger partial charge on any atom is -0.318 e. The van der Waals surface area contributed by atoms with Crippen molar-refractivity contribution in [1.82, 2.24) is 16.2 Å². The van der Waals surface area contributed by atoms with E-state index < -0.39 is 0 Å². The molecule has 3 N–H and O–H groups in total. The summed E-state index contributed by atoms with van der Waals surface area (Å²) in [6, 6.07) is 0. The van der Waals surface area contributed by atoms with Crippen molar-refractivity contribution in [2.75, 3.05) is 20.1 Å². The molecule has 0 saturated heterocycles. The number of hydrogen-bond donors (Lipinski definition) is 3. The van der Waals surface area contributed by atoms with Crippen LogP contribution in [0.4, 0.5) is 0 Å². The second-order valence-corrected chi connectivity index (χ2v) is 3.41.